The van der Waals surface area contributed by atoms with Crippen molar-refractivity contribution in [2.75, 3.05) is 5.32 Å². The second-order valence-electron chi connectivity index (χ2n) is 4.83. The standard InChI is InChI=1S/C16H16ClNO2S/c1-10-9-16(21-11(10)2)18-15(20)8-7-14(19)12-3-5-13(17)6-4-12/h3-6,9H,7-8H2,1-2H3,(H,18,20). The molecule has 5 heteroatoms. The molecule has 0 bridgehead atoms. The van der Waals surface area contributed by atoms with Gasteiger partial charge in [-0.05, 0) is 49.7 Å². The molecule has 0 saturated carbocycles. The lowest BCUT2D eigenvalue weighted by Gasteiger charge is -2.03. The summed E-state index contributed by atoms with van der Waals surface area (Å²) >= 11 is 7.32. The summed E-state index contributed by atoms with van der Waals surface area (Å²) in [6, 6.07) is 8.64. The van der Waals surface area contributed by atoms with Crippen LogP contribution in [0, 0.1) is 13.8 Å². The Hall–Kier alpha value is -1.65. The van der Waals surface area contributed by atoms with E-state index in [-0.39, 0.29) is 24.5 Å². The van der Waals surface area contributed by atoms with Gasteiger partial charge in [-0.1, -0.05) is 11.6 Å². The van der Waals surface area contributed by atoms with Gasteiger partial charge in [0.15, 0.2) is 5.78 Å². The molecule has 0 atom stereocenters. The van der Waals surface area contributed by atoms with E-state index in [9.17, 15) is 9.59 Å². The number of hydrogen-bond acceptors (Lipinski definition) is 3. The topological polar surface area (TPSA) is 46.2 Å². The number of ketones is 1. The Balaban J connectivity index is 1.86. The van der Waals surface area contributed by atoms with Crippen molar-refractivity contribution >= 4 is 39.6 Å². The summed E-state index contributed by atoms with van der Waals surface area (Å²) in [6.07, 6.45) is 0.369. The normalized spacial score (nSPS) is 10.4. The Morgan fingerprint density at radius 2 is 1.81 bits per heavy atom. The van der Waals surface area contributed by atoms with E-state index in [0.29, 0.717) is 10.6 Å². The largest absolute Gasteiger partial charge is 0.318 e. The smallest absolute Gasteiger partial charge is 0.225 e. The Morgan fingerprint density at radius 3 is 2.38 bits per heavy atom. The van der Waals surface area contributed by atoms with Crippen molar-refractivity contribution in [1.82, 2.24) is 0 Å². The maximum absolute atomic E-state index is 12.0. The van der Waals surface area contributed by atoms with Crippen LogP contribution in [0.2, 0.25) is 5.02 Å². The molecular weight excluding hydrogens is 306 g/mol. The van der Waals surface area contributed by atoms with Crippen LogP contribution in [0.3, 0.4) is 0 Å². The molecule has 0 aliphatic rings. The molecule has 110 valence electrons. The van der Waals surface area contributed by atoms with Crippen LogP contribution in [-0.4, -0.2) is 11.7 Å². The van der Waals surface area contributed by atoms with Gasteiger partial charge in [0, 0.05) is 28.3 Å². The van der Waals surface area contributed by atoms with Crippen molar-refractivity contribution < 1.29 is 9.59 Å². The van der Waals surface area contributed by atoms with Crippen LogP contribution in [0.5, 0.6) is 0 Å². The molecule has 1 amide bonds. The summed E-state index contributed by atoms with van der Waals surface area (Å²) in [5, 5.41) is 4.24. The first-order valence-electron chi connectivity index (χ1n) is 6.61. The summed E-state index contributed by atoms with van der Waals surface area (Å²) in [5.41, 5.74) is 1.74. The fourth-order valence-electron chi connectivity index (χ4n) is 1.84. The van der Waals surface area contributed by atoms with E-state index in [1.807, 2.05) is 19.9 Å². The molecule has 3 nitrogen and oxygen atoms in total. The third-order valence-corrected chi connectivity index (χ3v) is 4.49. The van der Waals surface area contributed by atoms with Crippen molar-refractivity contribution in [1.29, 1.82) is 0 Å². The van der Waals surface area contributed by atoms with Gasteiger partial charge >= 0.3 is 0 Å². The zero-order chi connectivity index (χ0) is 15.4. The summed E-state index contributed by atoms with van der Waals surface area (Å²) in [5.74, 6) is -0.195. The Morgan fingerprint density at radius 1 is 1.14 bits per heavy atom. The molecule has 0 fully saturated rings. The van der Waals surface area contributed by atoms with Crippen LogP contribution in [-0.2, 0) is 4.79 Å². The molecule has 21 heavy (non-hydrogen) atoms. The van der Waals surface area contributed by atoms with Gasteiger partial charge in [0.2, 0.25) is 5.91 Å². The molecular formula is C16H16ClNO2S. The number of hydrogen-bond donors (Lipinski definition) is 1. The summed E-state index contributed by atoms with van der Waals surface area (Å²) in [6.45, 7) is 4.02. The van der Waals surface area contributed by atoms with E-state index in [1.165, 1.54) is 4.88 Å². The summed E-state index contributed by atoms with van der Waals surface area (Å²) in [4.78, 5) is 25.0. The van der Waals surface area contributed by atoms with Crippen molar-refractivity contribution in [3.05, 3.63) is 51.4 Å². The molecule has 0 spiro atoms. The van der Waals surface area contributed by atoms with E-state index < -0.39 is 0 Å². The number of rotatable bonds is 5. The van der Waals surface area contributed by atoms with E-state index in [0.717, 1.165) is 10.6 Å². The maximum atomic E-state index is 12.0. The lowest BCUT2D eigenvalue weighted by atomic mass is 10.1. The number of anilines is 1. The van der Waals surface area contributed by atoms with Crippen molar-refractivity contribution in [3.63, 3.8) is 0 Å². The Kier molecular flexibility index (Phi) is 5.15. The molecule has 0 unspecified atom stereocenters. The highest BCUT2D eigenvalue weighted by Crippen LogP contribution is 2.25. The monoisotopic (exact) mass is 321 g/mol. The molecule has 1 heterocycles. The van der Waals surface area contributed by atoms with Crippen LogP contribution in [0.15, 0.2) is 30.3 Å². The number of carbonyl (C=O) groups excluding carboxylic acids is 2. The number of halogens is 1. The van der Waals surface area contributed by atoms with Crippen molar-refractivity contribution in [2.45, 2.75) is 26.7 Å². The quantitative estimate of drug-likeness (QED) is 0.817. The van der Waals surface area contributed by atoms with Crippen LogP contribution in [0.4, 0.5) is 5.00 Å². The second-order valence-corrected chi connectivity index (χ2v) is 6.52. The van der Waals surface area contributed by atoms with Gasteiger partial charge in [-0.2, -0.15) is 0 Å². The number of carbonyl (C=O) groups is 2. The first-order valence-corrected chi connectivity index (χ1v) is 7.81. The average molecular weight is 322 g/mol. The first-order chi connectivity index (χ1) is 9.95. The fraction of sp³-hybridized carbons (Fsp3) is 0.250. The molecule has 0 saturated heterocycles. The SMILES string of the molecule is Cc1cc(NC(=O)CCC(=O)c2ccc(Cl)cc2)sc1C. The first kappa shape index (κ1) is 15.7. The highest BCUT2D eigenvalue weighted by Gasteiger charge is 2.11. The van der Waals surface area contributed by atoms with E-state index in [4.69, 9.17) is 11.6 Å². The average Bonchev–Trinajstić information content (AvgIpc) is 2.75. The van der Waals surface area contributed by atoms with Gasteiger partial charge in [-0.3, -0.25) is 9.59 Å². The van der Waals surface area contributed by atoms with Crippen molar-refractivity contribution in [3.8, 4) is 0 Å². The van der Waals surface area contributed by atoms with Crippen LogP contribution in [0.1, 0.15) is 33.6 Å². The molecule has 1 aromatic heterocycles. The number of aryl methyl sites for hydroxylation is 2. The minimum absolute atomic E-state index is 0.0552. The Bertz CT molecular complexity index is 642. The van der Waals surface area contributed by atoms with Crippen molar-refractivity contribution in [2.24, 2.45) is 0 Å². The van der Waals surface area contributed by atoms with Gasteiger partial charge < -0.3 is 5.32 Å². The van der Waals surface area contributed by atoms with Gasteiger partial charge in [0.1, 0.15) is 0 Å². The predicted octanol–water partition coefficient (Wildman–Crippen LogP) is 4.62. The summed E-state index contributed by atoms with van der Waals surface area (Å²) < 4.78 is 0. The number of amides is 1. The van der Waals surface area contributed by atoms with Gasteiger partial charge in [-0.25, -0.2) is 0 Å². The van der Waals surface area contributed by atoms with E-state index in [1.54, 1.807) is 35.6 Å². The zero-order valence-corrected chi connectivity index (χ0v) is 13.5. The van der Waals surface area contributed by atoms with E-state index >= 15 is 0 Å². The second kappa shape index (κ2) is 6.87. The third-order valence-electron chi connectivity index (χ3n) is 3.17. The van der Waals surface area contributed by atoms with Gasteiger partial charge in [-0.15, -0.1) is 11.3 Å². The number of thiophene rings is 1. The van der Waals surface area contributed by atoms with E-state index in [2.05, 4.69) is 5.32 Å². The highest BCUT2D eigenvalue weighted by atomic mass is 35.5. The van der Waals surface area contributed by atoms with Crippen LogP contribution in [0.25, 0.3) is 0 Å². The molecule has 2 rings (SSSR count). The Labute approximate surface area is 132 Å². The lowest BCUT2D eigenvalue weighted by Crippen LogP contribution is -2.12. The van der Waals surface area contributed by atoms with Gasteiger partial charge in [0.05, 0.1) is 5.00 Å². The number of Topliss-reactive ketones (excluding diaryl/α,β-unsaturated/α-hetero) is 1. The molecule has 1 N–H and O–H groups in total. The molecule has 2 aromatic rings. The highest BCUT2D eigenvalue weighted by molar-refractivity contribution is 7.16. The molecule has 1 aromatic carbocycles. The number of nitrogens with one attached hydrogen (secondary N) is 1. The predicted molar refractivity (Wildman–Crippen MR) is 87.4 cm³/mol. The maximum Gasteiger partial charge on any atom is 0.225 e. The molecule has 0 radical (unpaired) electrons. The zero-order valence-electron chi connectivity index (χ0n) is 11.9. The molecule has 0 aliphatic heterocycles. The van der Waals surface area contributed by atoms with Crippen LogP contribution < -0.4 is 5.32 Å². The minimum Gasteiger partial charge on any atom is -0.318 e. The fourth-order valence-corrected chi connectivity index (χ4v) is 2.92. The summed E-state index contributed by atoms with van der Waals surface area (Å²) in [7, 11) is 0. The van der Waals surface area contributed by atoms with Crippen LogP contribution >= 0.6 is 22.9 Å². The molecule has 0 aliphatic carbocycles. The minimum atomic E-state index is -0.140. The number of benzene rings is 1. The third kappa shape index (κ3) is 4.41. The lowest BCUT2D eigenvalue weighted by molar-refractivity contribution is -0.116. The van der Waals surface area contributed by atoms with Gasteiger partial charge in [0.25, 0.3) is 0 Å².